The van der Waals surface area contributed by atoms with Crippen molar-refractivity contribution < 1.29 is 9.52 Å². The van der Waals surface area contributed by atoms with E-state index in [1.54, 1.807) is 18.2 Å². The predicted octanol–water partition coefficient (Wildman–Crippen LogP) is 3.98. The van der Waals surface area contributed by atoms with Gasteiger partial charge in [0.25, 0.3) is 0 Å². The molecule has 0 aliphatic carbocycles. The van der Waals surface area contributed by atoms with E-state index in [4.69, 9.17) is 4.42 Å². The molecule has 0 spiro atoms. The molecule has 0 bridgehead atoms. The Morgan fingerprint density at radius 1 is 1.05 bits per heavy atom. The minimum Gasteiger partial charge on any atom is -0.507 e. The molecule has 1 heterocycles. The molecular formula is C18H14O3. The second-order valence-corrected chi connectivity index (χ2v) is 4.87. The van der Waals surface area contributed by atoms with Crippen molar-refractivity contribution >= 4 is 23.1 Å². The first-order valence-corrected chi connectivity index (χ1v) is 6.65. The van der Waals surface area contributed by atoms with Gasteiger partial charge < -0.3 is 9.52 Å². The second-order valence-electron chi connectivity index (χ2n) is 4.87. The van der Waals surface area contributed by atoms with E-state index >= 15 is 0 Å². The first-order valence-electron chi connectivity index (χ1n) is 6.65. The summed E-state index contributed by atoms with van der Waals surface area (Å²) in [5.74, 6) is 0.0865. The summed E-state index contributed by atoms with van der Waals surface area (Å²) >= 11 is 0. The monoisotopic (exact) mass is 278 g/mol. The van der Waals surface area contributed by atoms with E-state index < -0.39 is 5.63 Å². The van der Waals surface area contributed by atoms with Gasteiger partial charge in [-0.1, -0.05) is 36.4 Å². The van der Waals surface area contributed by atoms with Crippen molar-refractivity contribution in [2.24, 2.45) is 0 Å². The van der Waals surface area contributed by atoms with Gasteiger partial charge in [-0.15, -0.1) is 0 Å². The molecule has 1 aromatic heterocycles. The lowest BCUT2D eigenvalue weighted by Crippen LogP contribution is -1.98. The number of hydrogen-bond donors (Lipinski definition) is 1. The van der Waals surface area contributed by atoms with Crippen LogP contribution < -0.4 is 5.63 Å². The molecule has 0 saturated carbocycles. The Hall–Kier alpha value is -2.81. The summed E-state index contributed by atoms with van der Waals surface area (Å²) < 4.78 is 5.28. The van der Waals surface area contributed by atoms with E-state index in [0.29, 0.717) is 11.1 Å². The van der Waals surface area contributed by atoms with Crippen LogP contribution in [0.15, 0.2) is 57.7 Å². The van der Waals surface area contributed by atoms with Crippen LogP contribution in [-0.4, -0.2) is 5.11 Å². The third-order valence-corrected chi connectivity index (χ3v) is 3.38. The molecule has 0 fully saturated rings. The Balaban J connectivity index is 2.20. The second kappa shape index (κ2) is 5.29. The standard InChI is InChI=1S/C18H14O3/c1-12-11-17(20)21-18-14(12)9-10-16(19)15(18)8-7-13-5-3-2-4-6-13/h2-11,19H,1H3. The zero-order chi connectivity index (χ0) is 14.8. The summed E-state index contributed by atoms with van der Waals surface area (Å²) in [6, 6.07) is 14.5. The highest BCUT2D eigenvalue weighted by Gasteiger charge is 2.09. The number of rotatable bonds is 2. The van der Waals surface area contributed by atoms with Crippen LogP contribution in [0.25, 0.3) is 23.1 Å². The summed E-state index contributed by atoms with van der Waals surface area (Å²) in [6.07, 6.45) is 3.63. The van der Waals surface area contributed by atoms with Gasteiger partial charge in [0, 0.05) is 11.5 Å². The minimum atomic E-state index is -0.417. The van der Waals surface area contributed by atoms with Gasteiger partial charge in [-0.3, -0.25) is 0 Å². The Morgan fingerprint density at radius 2 is 1.81 bits per heavy atom. The third kappa shape index (κ3) is 2.58. The lowest BCUT2D eigenvalue weighted by Gasteiger charge is -2.05. The number of aromatic hydroxyl groups is 1. The Kier molecular flexibility index (Phi) is 3.32. The Morgan fingerprint density at radius 3 is 2.57 bits per heavy atom. The molecule has 1 N–H and O–H groups in total. The zero-order valence-electron chi connectivity index (χ0n) is 11.5. The van der Waals surface area contributed by atoms with Gasteiger partial charge in [-0.05, 0) is 36.3 Å². The zero-order valence-corrected chi connectivity index (χ0v) is 11.5. The highest BCUT2D eigenvalue weighted by atomic mass is 16.4. The van der Waals surface area contributed by atoms with E-state index in [-0.39, 0.29) is 5.75 Å². The number of benzene rings is 2. The fraction of sp³-hybridized carbons (Fsp3) is 0.0556. The lowest BCUT2D eigenvalue weighted by atomic mass is 10.0. The van der Waals surface area contributed by atoms with Crippen molar-refractivity contribution in [3.8, 4) is 5.75 Å². The lowest BCUT2D eigenvalue weighted by molar-refractivity contribution is 0.471. The molecule has 0 radical (unpaired) electrons. The average Bonchev–Trinajstić information content (AvgIpc) is 2.47. The van der Waals surface area contributed by atoms with Crippen molar-refractivity contribution in [3.05, 3.63) is 75.6 Å². The summed E-state index contributed by atoms with van der Waals surface area (Å²) in [5, 5.41) is 10.9. The smallest absolute Gasteiger partial charge is 0.336 e. The Bertz CT molecular complexity index is 874. The van der Waals surface area contributed by atoms with Crippen LogP contribution in [0.1, 0.15) is 16.7 Å². The van der Waals surface area contributed by atoms with Crippen molar-refractivity contribution in [1.29, 1.82) is 0 Å². The SMILES string of the molecule is Cc1cc(=O)oc2c(C=Cc3ccccc3)c(O)ccc12. The molecule has 3 nitrogen and oxygen atoms in total. The molecule has 2 aromatic carbocycles. The summed E-state index contributed by atoms with van der Waals surface area (Å²) in [6.45, 7) is 1.85. The normalized spacial score (nSPS) is 11.3. The molecule has 3 aromatic rings. The molecule has 0 aliphatic rings. The number of hydrogen-bond acceptors (Lipinski definition) is 3. The van der Waals surface area contributed by atoms with Gasteiger partial charge in [0.2, 0.25) is 0 Å². The maximum absolute atomic E-state index is 11.6. The van der Waals surface area contributed by atoms with Crippen molar-refractivity contribution in [3.63, 3.8) is 0 Å². The molecule has 3 rings (SSSR count). The van der Waals surface area contributed by atoms with Crippen LogP contribution in [0.5, 0.6) is 5.75 Å². The molecule has 0 aliphatic heterocycles. The van der Waals surface area contributed by atoms with E-state index in [1.807, 2.05) is 43.3 Å². The minimum absolute atomic E-state index is 0.0865. The maximum atomic E-state index is 11.6. The van der Waals surface area contributed by atoms with Gasteiger partial charge in [0.05, 0.1) is 5.56 Å². The molecule has 21 heavy (non-hydrogen) atoms. The highest BCUT2D eigenvalue weighted by Crippen LogP contribution is 2.29. The van der Waals surface area contributed by atoms with Crippen molar-refractivity contribution in [2.75, 3.05) is 0 Å². The fourth-order valence-electron chi connectivity index (χ4n) is 2.30. The number of phenolic OH excluding ortho intramolecular Hbond substituents is 1. The van der Waals surface area contributed by atoms with Gasteiger partial charge >= 0.3 is 5.63 Å². The molecule has 0 saturated heterocycles. The van der Waals surface area contributed by atoms with Crippen LogP contribution in [0.3, 0.4) is 0 Å². The molecule has 0 amide bonds. The van der Waals surface area contributed by atoms with Crippen LogP contribution in [0.4, 0.5) is 0 Å². The van der Waals surface area contributed by atoms with Gasteiger partial charge in [0.1, 0.15) is 11.3 Å². The average molecular weight is 278 g/mol. The number of aryl methyl sites for hydroxylation is 1. The third-order valence-electron chi connectivity index (χ3n) is 3.38. The molecule has 104 valence electrons. The van der Waals surface area contributed by atoms with Crippen LogP contribution in [-0.2, 0) is 0 Å². The summed E-state index contributed by atoms with van der Waals surface area (Å²) in [5.41, 5.74) is 2.34. The molecule has 0 unspecified atom stereocenters. The fourth-order valence-corrected chi connectivity index (χ4v) is 2.30. The van der Waals surface area contributed by atoms with E-state index in [1.165, 1.54) is 6.07 Å². The topological polar surface area (TPSA) is 50.4 Å². The van der Waals surface area contributed by atoms with Crippen LogP contribution in [0.2, 0.25) is 0 Å². The summed E-state index contributed by atoms with van der Waals surface area (Å²) in [4.78, 5) is 11.6. The predicted molar refractivity (Wildman–Crippen MR) is 84.3 cm³/mol. The molecule has 0 atom stereocenters. The van der Waals surface area contributed by atoms with Crippen LogP contribution in [0, 0.1) is 6.92 Å². The van der Waals surface area contributed by atoms with E-state index in [9.17, 15) is 9.90 Å². The Labute approximate surface area is 121 Å². The van der Waals surface area contributed by atoms with Gasteiger partial charge in [0.15, 0.2) is 0 Å². The van der Waals surface area contributed by atoms with Crippen molar-refractivity contribution in [2.45, 2.75) is 6.92 Å². The van der Waals surface area contributed by atoms with Gasteiger partial charge in [-0.2, -0.15) is 0 Å². The first kappa shape index (κ1) is 13.2. The molecular weight excluding hydrogens is 264 g/mol. The van der Waals surface area contributed by atoms with E-state index in [2.05, 4.69) is 0 Å². The van der Waals surface area contributed by atoms with Crippen molar-refractivity contribution in [1.82, 2.24) is 0 Å². The molecule has 3 heteroatoms. The number of fused-ring (bicyclic) bond motifs is 1. The largest absolute Gasteiger partial charge is 0.507 e. The van der Waals surface area contributed by atoms with Crippen LogP contribution >= 0.6 is 0 Å². The quantitative estimate of drug-likeness (QED) is 0.570. The first-order chi connectivity index (χ1) is 10.1. The highest BCUT2D eigenvalue weighted by molar-refractivity contribution is 5.92. The van der Waals surface area contributed by atoms with E-state index in [0.717, 1.165) is 16.5 Å². The van der Waals surface area contributed by atoms with Gasteiger partial charge in [-0.25, -0.2) is 4.79 Å². The maximum Gasteiger partial charge on any atom is 0.336 e. The summed E-state index contributed by atoms with van der Waals surface area (Å²) in [7, 11) is 0. The number of phenols is 1.